The van der Waals surface area contributed by atoms with E-state index >= 15 is 0 Å². The summed E-state index contributed by atoms with van der Waals surface area (Å²) in [4.78, 5) is 27.9. The molecular weight excluding hydrogens is 358 g/mol. The topological polar surface area (TPSA) is 61.4 Å². The molecule has 0 aliphatic carbocycles. The number of amides is 2. The highest BCUT2D eigenvalue weighted by molar-refractivity contribution is 7.10. The first-order chi connectivity index (χ1) is 12.8. The van der Waals surface area contributed by atoms with E-state index in [1.165, 1.54) is 16.0 Å². The summed E-state index contributed by atoms with van der Waals surface area (Å²) in [5, 5.41) is 7.59. The van der Waals surface area contributed by atoms with Crippen molar-refractivity contribution in [1.29, 1.82) is 0 Å². The fraction of sp³-hybridized carbons (Fsp3) is 0.429. The van der Waals surface area contributed by atoms with Gasteiger partial charge in [-0.05, 0) is 49.8 Å². The molecule has 0 bridgehead atoms. The van der Waals surface area contributed by atoms with Gasteiger partial charge in [0.15, 0.2) is 0 Å². The highest BCUT2D eigenvalue weighted by Crippen LogP contribution is 2.29. The van der Waals surface area contributed by atoms with Gasteiger partial charge in [-0.1, -0.05) is 30.3 Å². The van der Waals surface area contributed by atoms with E-state index in [1.807, 2.05) is 32.2 Å². The molecule has 1 aliphatic rings. The number of fused-ring (bicyclic) bond motifs is 1. The predicted molar refractivity (Wildman–Crippen MR) is 109 cm³/mol. The quantitative estimate of drug-likeness (QED) is 0.796. The molecule has 5 nitrogen and oxygen atoms in total. The van der Waals surface area contributed by atoms with Crippen LogP contribution in [-0.4, -0.2) is 35.3 Å². The zero-order chi connectivity index (χ0) is 19.4. The Balaban J connectivity index is 1.69. The number of carbonyl (C=O) groups excluding carboxylic acids is 2. The predicted octanol–water partition coefficient (Wildman–Crippen LogP) is 2.88. The third-order valence-electron chi connectivity index (χ3n) is 4.62. The lowest BCUT2D eigenvalue weighted by molar-refractivity contribution is -0.140. The zero-order valence-corrected chi connectivity index (χ0v) is 16.9. The minimum absolute atomic E-state index is 0.0599. The van der Waals surface area contributed by atoms with Crippen molar-refractivity contribution in [3.05, 3.63) is 57.8 Å². The molecule has 1 aromatic heterocycles. The standard InChI is InChI=1S/C21H27N3O2S/c1-21(2,3)23-20(26)19(25)22-13-17(18-9-6-12-27-18)24-11-10-15-7-4-5-8-16(15)14-24/h4-9,12,17H,10-11,13-14H2,1-3H3,(H,22,25)(H,23,26). The minimum atomic E-state index is -0.587. The van der Waals surface area contributed by atoms with Gasteiger partial charge in [-0.25, -0.2) is 0 Å². The summed E-state index contributed by atoms with van der Waals surface area (Å²) in [5.74, 6) is -1.17. The smallest absolute Gasteiger partial charge is 0.309 e. The summed E-state index contributed by atoms with van der Waals surface area (Å²) in [6.45, 7) is 7.78. The first-order valence-electron chi connectivity index (χ1n) is 9.28. The lowest BCUT2D eigenvalue weighted by atomic mass is 9.98. The summed E-state index contributed by atoms with van der Waals surface area (Å²) in [7, 11) is 0. The molecule has 3 rings (SSSR count). The number of nitrogens with zero attached hydrogens (tertiary/aromatic N) is 1. The largest absolute Gasteiger partial charge is 0.346 e. The Labute approximate surface area is 164 Å². The summed E-state index contributed by atoms with van der Waals surface area (Å²) in [6.07, 6.45) is 0.997. The highest BCUT2D eigenvalue weighted by atomic mass is 32.1. The van der Waals surface area contributed by atoms with Gasteiger partial charge in [0, 0.05) is 30.1 Å². The first-order valence-corrected chi connectivity index (χ1v) is 10.2. The molecule has 1 aromatic carbocycles. The van der Waals surface area contributed by atoms with Crippen molar-refractivity contribution < 1.29 is 9.59 Å². The number of hydrogen-bond donors (Lipinski definition) is 2. The van der Waals surface area contributed by atoms with E-state index in [0.29, 0.717) is 6.54 Å². The molecule has 27 heavy (non-hydrogen) atoms. The minimum Gasteiger partial charge on any atom is -0.346 e. The van der Waals surface area contributed by atoms with Crippen molar-refractivity contribution in [3.63, 3.8) is 0 Å². The molecule has 0 fully saturated rings. The van der Waals surface area contributed by atoms with Gasteiger partial charge in [0.1, 0.15) is 0 Å². The van der Waals surface area contributed by atoms with Gasteiger partial charge in [0.05, 0.1) is 6.04 Å². The highest BCUT2D eigenvalue weighted by Gasteiger charge is 2.27. The molecule has 0 saturated heterocycles. The number of thiophene rings is 1. The Morgan fingerprint density at radius 1 is 1.11 bits per heavy atom. The fourth-order valence-electron chi connectivity index (χ4n) is 3.34. The number of carbonyl (C=O) groups is 2. The first kappa shape index (κ1) is 19.6. The van der Waals surface area contributed by atoms with Crippen molar-refractivity contribution in [2.24, 2.45) is 0 Å². The normalized spacial score (nSPS) is 15.7. The van der Waals surface area contributed by atoms with Crippen LogP contribution in [0.3, 0.4) is 0 Å². The Morgan fingerprint density at radius 2 is 1.85 bits per heavy atom. The Kier molecular flexibility index (Phi) is 5.97. The van der Waals surface area contributed by atoms with Crippen molar-refractivity contribution in [3.8, 4) is 0 Å². The van der Waals surface area contributed by atoms with Gasteiger partial charge in [-0.3, -0.25) is 14.5 Å². The number of nitrogens with one attached hydrogen (secondary N) is 2. The van der Waals surface area contributed by atoms with E-state index in [2.05, 4.69) is 45.9 Å². The molecule has 0 saturated carbocycles. The number of hydrogen-bond acceptors (Lipinski definition) is 4. The molecule has 144 valence electrons. The van der Waals surface area contributed by atoms with E-state index in [-0.39, 0.29) is 6.04 Å². The molecule has 6 heteroatoms. The van der Waals surface area contributed by atoms with E-state index in [1.54, 1.807) is 11.3 Å². The molecule has 2 amide bonds. The second kappa shape index (κ2) is 8.23. The van der Waals surface area contributed by atoms with Gasteiger partial charge in [-0.2, -0.15) is 0 Å². The van der Waals surface area contributed by atoms with Crippen LogP contribution in [0, 0.1) is 0 Å². The van der Waals surface area contributed by atoms with E-state index in [9.17, 15) is 9.59 Å². The second-order valence-corrected chi connectivity index (χ2v) is 8.91. The van der Waals surface area contributed by atoms with Crippen LogP contribution in [-0.2, 0) is 22.6 Å². The molecule has 0 spiro atoms. The van der Waals surface area contributed by atoms with Gasteiger partial charge >= 0.3 is 11.8 Å². The van der Waals surface area contributed by atoms with Crippen LogP contribution in [0.15, 0.2) is 41.8 Å². The van der Waals surface area contributed by atoms with Gasteiger partial charge in [0.25, 0.3) is 0 Å². The molecule has 2 aromatic rings. The molecule has 2 heterocycles. The summed E-state index contributed by atoms with van der Waals surface area (Å²) >= 11 is 1.68. The molecule has 1 unspecified atom stereocenters. The second-order valence-electron chi connectivity index (χ2n) is 7.93. The van der Waals surface area contributed by atoms with Crippen molar-refractivity contribution >= 4 is 23.2 Å². The molecular formula is C21H27N3O2S. The Morgan fingerprint density at radius 3 is 2.52 bits per heavy atom. The Bertz CT molecular complexity index is 796. The van der Waals surface area contributed by atoms with Crippen molar-refractivity contribution in [2.75, 3.05) is 13.1 Å². The van der Waals surface area contributed by atoms with E-state index < -0.39 is 17.4 Å². The maximum Gasteiger partial charge on any atom is 0.309 e. The maximum atomic E-state index is 12.2. The van der Waals surface area contributed by atoms with Gasteiger partial charge in [0.2, 0.25) is 0 Å². The zero-order valence-electron chi connectivity index (χ0n) is 16.1. The van der Waals surface area contributed by atoms with Crippen LogP contribution in [0.5, 0.6) is 0 Å². The van der Waals surface area contributed by atoms with Crippen molar-refractivity contribution in [1.82, 2.24) is 15.5 Å². The third kappa shape index (κ3) is 5.17. The average molecular weight is 386 g/mol. The number of benzene rings is 1. The molecule has 1 atom stereocenters. The summed E-state index contributed by atoms with van der Waals surface area (Å²) in [6, 6.07) is 12.7. The monoisotopic (exact) mass is 385 g/mol. The third-order valence-corrected chi connectivity index (χ3v) is 5.60. The number of rotatable bonds is 4. The van der Waals surface area contributed by atoms with Crippen LogP contribution < -0.4 is 10.6 Å². The fourth-order valence-corrected chi connectivity index (χ4v) is 4.20. The average Bonchev–Trinajstić information content (AvgIpc) is 3.14. The van der Waals surface area contributed by atoms with Gasteiger partial charge < -0.3 is 10.6 Å². The van der Waals surface area contributed by atoms with Crippen LogP contribution >= 0.6 is 11.3 Å². The van der Waals surface area contributed by atoms with Gasteiger partial charge in [-0.15, -0.1) is 11.3 Å². The lowest BCUT2D eigenvalue weighted by Gasteiger charge is -2.35. The SMILES string of the molecule is CC(C)(C)NC(=O)C(=O)NCC(c1cccs1)N1CCc2ccccc2C1. The van der Waals surface area contributed by atoms with Crippen molar-refractivity contribution in [2.45, 2.75) is 45.3 Å². The summed E-state index contributed by atoms with van der Waals surface area (Å²) in [5.41, 5.74) is 2.30. The molecule has 1 aliphatic heterocycles. The Hall–Kier alpha value is -2.18. The maximum absolute atomic E-state index is 12.2. The van der Waals surface area contributed by atoms with E-state index in [0.717, 1.165) is 19.5 Å². The van der Waals surface area contributed by atoms with E-state index in [4.69, 9.17) is 0 Å². The molecule has 2 N–H and O–H groups in total. The molecule has 0 radical (unpaired) electrons. The van der Waals surface area contributed by atoms with Crippen LogP contribution in [0.4, 0.5) is 0 Å². The van der Waals surface area contributed by atoms with Crippen LogP contribution in [0.1, 0.15) is 42.8 Å². The van der Waals surface area contributed by atoms with Crippen LogP contribution in [0.2, 0.25) is 0 Å². The lowest BCUT2D eigenvalue weighted by Crippen LogP contribution is -2.49. The van der Waals surface area contributed by atoms with Crippen LogP contribution in [0.25, 0.3) is 0 Å². The summed E-state index contributed by atoms with van der Waals surface area (Å²) < 4.78 is 0.